The van der Waals surface area contributed by atoms with Gasteiger partial charge in [0.15, 0.2) is 5.82 Å². The minimum absolute atomic E-state index is 0.0282. The van der Waals surface area contributed by atoms with Gasteiger partial charge < -0.3 is 10.2 Å². The number of aryl methyl sites for hydroxylation is 1. The second kappa shape index (κ2) is 3.53. The van der Waals surface area contributed by atoms with E-state index in [4.69, 9.17) is 11.6 Å². The Kier molecular flexibility index (Phi) is 2.33. The molecule has 1 amide bonds. The fourth-order valence-corrected chi connectivity index (χ4v) is 2.91. The molecule has 1 aliphatic heterocycles. The van der Waals surface area contributed by atoms with E-state index < -0.39 is 30.2 Å². The summed E-state index contributed by atoms with van der Waals surface area (Å²) in [7, 11) is 1.58. The molecule has 1 spiro atoms. The van der Waals surface area contributed by atoms with E-state index in [1.54, 1.807) is 14.0 Å². The Bertz CT molecular complexity index is 584. The SMILES string of the molecule is Cc1nc(Cl)nc2c1NC(=O)C1(CC(F)(F)C1)N2C. The van der Waals surface area contributed by atoms with Gasteiger partial charge >= 0.3 is 0 Å². The molecule has 102 valence electrons. The van der Waals surface area contributed by atoms with E-state index in [9.17, 15) is 13.6 Å². The van der Waals surface area contributed by atoms with Crippen molar-refractivity contribution in [3.05, 3.63) is 11.0 Å². The fourth-order valence-electron chi connectivity index (χ4n) is 2.70. The maximum Gasteiger partial charge on any atom is 0.253 e. The van der Waals surface area contributed by atoms with Crippen LogP contribution in [-0.4, -0.2) is 34.4 Å². The average Bonchev–Trinajstić information content (AvgIpc) is 2.25. The van der Waals surface area contributed by atoms with Crippen molar-refractivity contribution in [1.82, 2.24) is 9.97 Å². The topological polar surface area (TPSA) is 58.1 Å². The van der Waals surface area contributed by atoms with Crippen LogP contribution in [-0.2, 0) is 4.79 Å². The van der Waals surface area contributed by atoms with Crippen LogP contribution in [0.1, 0.15) is 18.5 Å². The molecule has 2 aliphatic rings. The number of nitrogens with one attached hydrogen (secondary N) is 1. The second-order valence-electron chi connectivity index (χ2n) is 5.03. The number of carbonyl (C=O) groups excluding carboxylic acids is 1. The minimum atomic E-state index is -2.81. The Morgan fingerprint density at radius 1 is 1.37 bits per heavy atom. The predicted molar refractivity (Wildman–Crippen MR) is 65.7 cm³/mol. The molecule has 1 N–H and O–H groups in total. The monoisotopic (exact) mass is 288 g/mol. The summed E-state index contributed by atoms with van der Waals surface area (Å²) < 4.78 is 26.4. The summed E-state index contributed by atoms with van der Waals surface area (Å²) in [6, 6.07) is 0. The Morgan fingerprint density at radius 3 is 2.58 bits per heavy atom. The fraction of sp³-hybridized carbons (Fsp3) is 0.545. The number of carbonyl (C=O) groups is 1. The number of nitrogens with zero attached hydrogens (tertiary/aromatic N) is 3. The van der Waals surface area contributed by atoms with Gasteiger partial charge in [-0.25, -0.2) is 13.8 Å². The van der Waals surface area contributed by atoms with E-state index in [0.717, 1.165) is 0 Å². The van der Waals surface area contributed by atoms with Gasteiger partial charge in [-0.05, 0) is 18.5 Å². The highest BCUT2D eigenvalue weighted by atomic mass is 35.5. The van der Waals surface area contributed by atoms with E-state index in [2.05, 4.69) is 15.3 Å². The van der Waals surface area contributed by atoms with Crippen molar-refractivity contribution in [2.24, 2.45) is 0 Å². The summed E-state index contributed by atoms with van der Waals surface area (Å²) in [4.78, 5) is 21.6. The number of aromatic nitrogens is 2. The Hall–Kier alpha value is -1.50. The molecule has 5 nitrogen and oxygen atoms in total. The molecule has 0 aromatic carbocycles. The molecule has 3 rings (SSSR count). The zero-order valence-corrected chi connectivity index (χ0v) is 11.1. The van der Waals surface area contributed by atoms with Gasteiger partial charge in [-0.2, -0.15) is 4.98 Å². The van der Waals surface area contributed by atoms with Gasteiger partial charge in [0.1, 0.15) is 11.2 Å². The van der Waals surface area contributed by atoms with Crippen molar-refractivity contribution < 1.29 is 13.6 Å². The van der Waals surface area contributed by atoms with Gasteiger partial charge in [0, 0.05) is 19.9 Å². The van der Waals surface area contributed by atoms with Crippen LogP contribution in [0.2, 0.25) is 5.28 Å². The van der Waals surface area contributed by atoms with Crippen LogP contribution in [0.5, 0.6) is 0 Å². The van der Waals surface area contributed by atoms with Gasteiger partial charge in [0.05, 0.1) is 5.69 Å². The first kappa shape index (κ1) is 12.5. The number of hydrogen-bond acceptors (Lipinski definition) is 4. The normalized spacial score (nSPS) is 22.8. The molecular formula is C11H11ClF2N4O. The largest absolute Gasteiger partial charge is 0.343 e. The number of fused-ring (bicyclic) bond motifs is 1. The molecule has 0 atom stereocenters. The number of hydrogen-bond donors (Lipinski definition) is 1. The van der Waals surface area contributed by atoms with Gasteiger partial charge in [0.25, 0.3) is 11.8 Å². The first-order valence-electron chi connectivity index (χ1n) is 5.72. The first-order chi connectivity index (χ1) is 8.75. The lowest BCUT2D eigenvalue weighted by molar-refractivity contribution is -0.152. The molecule has 1 aromatic heterocycles. The number of anilines is 2. The van der Waals surface area contributed by atoms with Crippen LogP contribution < -0.4 is 10.2 Å². The summed E-state index contributed by atoms with van der Waals surface area (Å²) in [5, 5.41) is 2.65. The quantitative estimate of drug-likeness (QED) is 0.742. The van der Waals surface area contributed by atoms with Crippen LogP contribution >= 0.6 is 11.6 Å². The Morgan fingerprint density at radius 2 is 2.00 bits per heavy atom. The smallest absolute Gasteiger partial charge is 0.253 e. The van der Waals surface area contributed by atoms with Crippen molar-refractivity contribution >= 4 is 29.0 Å². The van der Waals surface area contributed by atoms with E-state index in [1.807, 2.05) is 0 Å². The van der Waals surface area contributed by atoms with Crippen LogP contribution in [0.3, 0.4) is 0 Å². The number of likely N-dealkylation sites (N-methyl/N-ethyl adjacent to an activating group) is 1. The molecule has 2 heterocycles. The van der Waals surface area contributed by atoms with Crippen molar-refractivity contribution in [3.63, 3.8) is 0 Å². The summed E-state index contributed by atoms with van der Waals surface area (Å²) in [5.41, 5.74) is -0.297. The summed E-state index contributed by atoms with van der Waals surface area (Å²) in [6.45, 7) is 1.67. The molecule has 0 radical (unpaired) electrons. The van der Waals surface area contributed by atoms with Crippen LogP contribution in [0.15, 0.2) is 0 Å². The third-order valence-corrected chi connectivity index (χ3v) is 3.94. The van der Waals surface area contributed by atoms with Crippen molar-refractivity contribution in [2.75, 3.05) is 17.3 Å². The van der Waals surface area contributed by atoms with Crippen molar-refractivity contribution in [2.45, 2.75) is 31.2 Å². The number of halogens is 3. The Balaban J connectivity index is 2.09. The third-order valence-electron chi connectivity index (χ3n) is 3.77. The summed E-state index contributed by atoms with van der Waals surface area (Å²) in [6.07, 6.45) is -1.02. The van der Waals surface area contributed by atoms with E-state index >= 15 is 0 Å². The summed E-state index contributed by atoms with van der Waals surface area (Å²) in [5.74, 6) is -2.87. The predicted octanol–water partition coefficient (Wildman–Crippen LogP) is 1.99. The molecule has 1 fully saturated rings. The molecule has 0 bridgehead atoms. The highest BCUT2D eigenvalue weighted by Gasteiger charge is 2.65. The van der Waals surface area contributed by atoms with E-state index in [1.165, 1.54) is 4.90 Å². The number of amides is 1. The van der Waals surface area contributed by atoms with Gasteiger partial charge in [-0.15, -0.1) is 0 Å². The maximum atomic E-state index is 13.2. The second-order valence-corrected chi connectivity index (χ2v) is 5.37. The van der Waals surface area contributed by atoms with Crippen LogP contribution in [0, 0.1) is 6.92 Å². The molecule has 8 heteroatoms. The minimum Gasteiger partial charge on any atom is -0.343 e. The number of rotatable bonds is 0. The van der Waals surface area contributed by atoms with Crippen LogP contribution in [0.25, 0.3) is 0 Å². The lowest BCUT2D eigenvalue weighted by Gasteiger charge is -2.53. The van der Waals surface area contributed by atoms with Crippen LogP contribution in [0.4, 0.5) is 20.3 Å². The zero-order chi connectivity index (χ0) is 14.0. The van der Waals surface area contributed by atoms with Gasteiger partial charge in [0.2, 0.25) is 5.28 Å². The standard InChI is InChI=1S/C11H11ClF2N4O/c1-5-6-7(17-9(12)15-5)18(2)10(8(19)16-6)3-11(13,14)4-10/h3-4H2,1-2H3,(H,16,19). The highest BCUT2D eigenvalue weighted by molar-refractivity contribution is 6.28. The molecule has 1 aliphatic carbocycles. The number of alkyl halides is 2. The Labute approximate surface area is 113 Å². The van der Waals surface area contributed by atoms with Crippen molar-refractivity contribution in [1.29, 1.82) is 0 Å². The lowest BCUT2D eigenvalue weighted by atomic mass is 9.70. The molecule has 1 saturated carbocycles. The van der Waals surface area contributed by atoms with E-state index in [-0.39, 0.29) is 5.28 Å². The van der Waals surface area contributed by atoms with Gasteiger partial charge in [-0.1, -0.05) is 0 Å². The van der Waals surface area contributed by atoms with Gasteiger partial charge in [-0.3, -0.25) is 4.79 Å². The van der Waals surface area contributed by atoms with Crippen molar-refractivity contribution in [3.8, 4) is 0 Å². The first-order valence-corrected chi connectivity index (χ1v) is 6.10. The zero-order valence-electron chi connectivity index (χ0n) is 10.3. The third kappa shape index (κ3) is 1.60. The maximum absolute atomic E-state index is 13.2. The average molecular weight is 289 g/mol. The molecule has 0 unspecified atom stereocenters. The molecule has 0 saturated heterocycles. The molecule has 1 aromatic rings. The highest BCUT2D eigenvalue weighted by Crippen LogP contribution is 2.53. The molecule has 19 heavy (non-hydrogen) atoms. The molecular weight excluding hydrogens is 278 g/mol. The summed E-state index contributed by atoms with van der Waals surface area (Å²) >= 11 is 5.78. The lowest BCUT2D eigenvalue weighted by Crippen LogP contribution is -2.69. The van der Waals surface area contributed by atoms with E-state index in [0.29, 0.717) is 17.2 Å².